The number of benzene rings is 1. The number of thiophene rings is 1. The molecule has 178 valence electrons. The fraction of sp³-hybridized carbons (Fsp3) is 0.227. The van der Waals surface area contributed by atoms with E-state index in [0.717, 1.165) is 16.9 Å². The maximum absolute atomic E-state index is 12.6. The number of carbonyl (C=O) groups is 4. The van der Waals surface area contributed by atoms with Crippen molar-refractivity contribution in [2.45, 2.75) is 25.8 Å². The molecule has 0 fully saturated rings. The quantitative estimate of drug-likeness (QED) is 0.285. The van der Waals surface area contributed by atoms with Crippen LogP contribution in [0.1, 0.15) is 37.0 Å². The molecule has 34 heavy (non-hydrogen) atoms. The highest BCUT2D eigenvalue weighted by Gasteiger charge is 2.24. The van der Waals surface area contributed by atoms with Gasteiger partial charge in [-0.05, 0) is 42.5 Å². The number of hydrogen-bond acceptors (Lipinski definition) is 8. The number of aliphatic carboxylic acids is 1. The number of aryl methyl sites for hydroxylation is 2. The minimum atomic E-state index is -1.35. The normalized spacial score (nSPS) is 11.4. The van der Waals surface area contributed by atoms with Gasteiger partial charge < -0.3 is 26.2 Å². The van der Waals surface area contributed by atoms with Crippen LogP contribution in [0.2, 0.25) is 0 Å². The van der Waals surface area contributed by atoms with Crippen LogP contribution < -0.4 is 16.0 Å². The molecule has 1 aromatic carbocycles. The number of carboxylic acid groups (broad SMARTS) is 1. The highest BCUT2D eigenvalue weighted by atomic mass is 32.1. The zero-order valence-electron chi connectivity index (χ0n) is 18.0. The third-order valence-electron chi connectivity index (χ3n) is 4.62. The topological polar surface area (TPSA) is 158 Å². The third-order valence-corrected chi connectivity index (χ3v) is 6.56. The van der Waals surface area contributed by atoms with E-state index in [2.05, 4.69) is 20.9 Å². The second-order valence-corrected chi connectivity index (χ2v) is 9.15. The fourth-order valence-electron chi connectivity index (χ4n) is 2.93. The number of anilines is 1. The Kier molecular flexibility index (Phi) is 8.33. The molecule has 10 nitrogen and oxygen atoms in total. The second kappa shape index (κ2) is 11.4. The molecule has 0 spiro atoms. The second-order valence-electron chi connectivity index (χ2n) is 7.20. The van der Waals surface area contributed by atoms with E-state index in [1.54, 1.807) is 48.7 Å². The number of carboxylic acids is 1. The summed E-state index contributed by atoms with van der Waals surface area (Å²) in [6, 6.07) is 8.56. The van der Waals surface area contributed by atoms with Crippen molar-refractivity contribution < 1.29 is 29.4 Å². The Morgan fingerprint density at radius 1 is 1.12 bits per heavy atom. The number of phenols is 1. The van der Waals surface area contributed by atoms with Gasteiger partial charge in [0.05, 0.1) is 10.6 Å². The van der Waals surface area contributed by atoms with Gasteiger partial charge in [0.25, 0.3) is 11.8 Å². The van der Waals surface area contributed by atoms with Crippen LogP contribution in [-0.2, 0) is 16.0 Å². The summed E-state index contributed by atoms with van der Waals surface area (Å²) >= 11 is 2.14. The molecule has 3 amide bonds. The number of thiazole rings is 1. The van der Waals surface area contributed by atoms with Gasteiger partial charge in [-0.15, -0.1) is 11.3 Å². The first-order valence-corrected chi connectivity index (χ1v) is 11.8. The number of aromatic hydroxyl groups is 1. The molecule has 5 N–H and O–H groups in total. The average Bonchev–Trinajstić information content (AvgIpc) is 3.45. The molecular weight excluding hydrogens is 480 g/mol. The Morgan fingerprint density at radius 2 is 1.91 bits per heavy atom. The number of nitrogens with zero attached hydrogens (tertiary/aromatic N) is 1. The first kappa shape index (κ1) is 24.9. The van der Waals surface area contributed by atoms with E-state index in [1.807, 2.05) is 0 Å². The SMILES string of the molecule is Cc1nc(NC(=O)CCc2cccc(O)c2)sc1C(=O)N[C@@H](CNC(=O)c1cccs1)C(=O)O. The molecule has 0 aliphatic rings. The van der Waals surface area contributed by atoms with Crippen molar-refractivity contribution in [1.82, 2.24) is 15.6 Å². The Hall–Kier alpha value is -3.77. The molecule has 3 aromatic rings. The molecule has 0 aliphatic heterocycles. The van der Waals surface area contributed by atoms with Gasteiger partial charge in [-0.25, -0.2) is 9.78 Å². The van der Waals surface area contributed by atoms with E-state index in [1.165, 1.54) is 11.3 Å². The summed E-state index contributed by atoms with van der Waals surface area (Å²) in [7, 11) is 0. The molecular formula is C22H22N4O6S2. The number of nitrogens with one attached hydrogen (secondary N) is 3. The molecule has 12 heteroatoms. The summed E-state index contributed by atoms with van der Waals surface area (Å²) in [6.45, 7) is 1.27. The monoisotopic (exact) mass is 502 g/mol. The zero-order valence-corrected chi connectivity index (χ0v) is 19.7. The van der Waals surface area contributed by atoms with Crippen molar-refractivity contribution in [2.24, 2.45) is 0 Å². The van der Waals surface area contributed by atoms with E-state index in [0.29, 0.717) is 17.0 Å². The van der Waals surface area contributed by atoms with Crippen LogP contribution >= 0.6 is 22.7 Å². The van der Waals surface area contributed by atoms with Gasteiger partial charge in [0, 0.05) is 13.0 Å². The van der Waals surface area contributed by atoms with Crippen molar-refractivity contribution in [2.75, 3.05) is 11.9 Å². The number of aromatic nitrogens is 1. The van der Waals surface area contributed by atoms with E-state index in [4.69, 9.17) is 0 Å². The van der Waals surface area contributed by atoms with Gasteiger partial charge in [-0.1, -0.05) is 29.5 Å². The van der Waals surface area contributed by atoms with Crippen LogP contribution in [-0.4, -0.2) is 51.5 Å². The van der Waals surface area contributed by atoms with Gasteiger partial charge in [0.1, 0.15) is 16.7 Å². The molecule has 3 rings (SSSR count). The minimum Gasteiger partial charge on any atom is -0.508 e. The van der Waals surface area contributed by atoms with Crippen molar-refractivity contribution >= 4 is 51.5 Å². The first-order valence-electron chi connectivity index (χ1n) is 10.1. The van der Waals surface area contributed by atoms with Crippen molar-refractivity contribution in [3.8, 4) is 5.75 Å². The molecule has 0 bridgehead atoms. The van der Waals surface area contributed by atoms with E-state index in [-0.39, 0.29) is 34.6 Å². The molecule has 2 heterocycles. The smallest absolute Gasteiger partial charge is 0.328 e. The van der Waals surface area contributed by atoms with E-state index in [9.17, 15) is 29.4 Å². The average molecular weight is 503 g/mol. The lowest BCUT2D eigenvalue weighted by molar-refractivity contribution is -0.139. The molecule has 2 aromatic heterocycles. The lowest BCUT2D eigenvalue weighted by atomic mass is 10.1. The van der Waals surface area contributed by atoms with E-state index >= 15 is 0 Å². The predicted molar refractivity (Wildman–Crippen MR) is 127 cm³/mol. The molecule has 0 radical (unpaired) electrons. The summed E-state index contributed by atoms with van der Waals surface area (Å²) in [6.07, 6.45) is 0.560. The maximum Gasteiger partial charge on any atom is 0.328 e. The van der Waals surface area contributed by atoms with Gasteiger partial charge in [0.2, 0.25) is 5.91 Å². The number of phenolic OH excluding ortho intramolecular Hbond substituents is 1. The molecule has 0 aliphatic carbocycles. The highest BCUT2D eigenvalue weighted by Crippen LogP contribution is 2.23. The van der Waals surface area contributed by atoms with Crippen LogP contribution in [0.3, 0.4) is 0 Å². The fourth-order valence-corrected chi connectivity index (χ4v) is 4.45. The van der Waals surface area contributed by atoms with Gasteiger partial charge in [0.15, 0.2) is 5.13 Å². The lowest BCUT2D eigenvalue weighted by Gasteiger charge is -2.14. The molecule has 0 saturated heterocycles. The van der Waals surface area contributed by atoms with E-state index < -0.39 is 23.8 Å². The van der Waals surface area contributed by atoms with Crippen LogP contribution in [0, 0.1) is 6.92 Å². The Labute approximate surface area is 202 Å². The van der Waals surface area contributed by atoms with Gasteiger partial charge >= 0.3 is 5.97 Å². The van der Waals surface area contributed by atoms with Crippen LogP contribution in [0.25, 0.3) is 0 Å². The Bertz CT molecular complexity index is 1190. The number of carbonyl (C=O) groups excluding carboxylic acids is 3. The van der Waals surface area contributed by atoms with Crippen LogP contribution in [0.15, 0.2) is 41.8 Å². The molecule has 0 unspecified atom stereocenters. The third kappa shape index (κ3) is 6.86. The number of amides is 3. The van der Waals surface area contributed by atoms with Crippen LogP contribution in [0.4, 0.5) is 5.13 Å². The lowest BCUT2D eigenvalue weighted by Crippen LogP contribution is -2.48. The highest BCUT2D eigenvalue weighted by molar-refractivity contribution is 7.17. The van der Waals surface area contributed by atoms with Crippen molar-refractivity contribution in [3.05, 3.63) is 62.8 Å². The zero-order chi connectivity index (χ0) is 24.7. The minimum absolute atomic E-state index is 0.120. The number of rotatable bonds is 10. The largest absolute Gasteiger partial charge is 0.508 e. The maximum atomic E-state index is 12.6. The van der Waals surface area contributed by atoms with Gasteiger partial charge in [-0.3, -0.25) is 14.4 Å². The van der Waals surface area contributed by atoms with Crippen molar-refractivity contribution in [3.63, 3.8) is 0 Å². The summed E-state index contributed by atoms with van der Waals surface area (Å²) in [5.41, 5.74) is 1.13. The van der Waals surface area contributed by atoms with Crippen molar-refractivity contribution in [1.29, 1.82) is 0 Å². The number of hydrogen-bond donors (Lipinski definition) is 5. The standard InChI is InChI=1S/C22H22N4O6S2/c1-12-18(20(30)25-15(21(31)32)11-23-19(29)16-6-3-9-33-16)34-22(24-12)26-17(28)8-7-13-4-2-5-14(27)10-13/h2-6,9-10,15,27H,7-8,11H2,1H3,(H,23,29)(H,25,30)(H,31,32)(H,24,26,28)/t15-/m0/s1. The summed E-state index contributed by atoms with van der Waals surface area (Å²) in [5.74, 6) is -2.60. The summed E-state index contributed by atoms with van der Waals surface area (Å²) < 4.78 is 0. The first-order chi connectivity index (χ1) is 16.2. The molecule has 1 atom stereocenters. The molecule has 0 saturated carbocycles. The Balaban J connectivity index is 1.55. The Morgan fingerprint density at radius 3 is 2.59 bits per heavy atom. The van der Waals surface area contributed by atoms with Crippen LogP contribution in [0.5, 0.6) is 5.75 Å². The van der Waals surface area contributed by atoms with Gasteiger partial charge in [-0.2, -0.15) is 0 Å². The summed E-state index contributed by atoms with van der Waals surface area (Å²) in [4.78, 5) is 53.3. The summed E-state index contributed by atoms with van der Waals surface area (Å²) in [5, 5.41) is 28.4. The predicted octanol–water partition coefficient (Wildman–Crippen LogP) is 2.40.